The molecular formula is C75H125N3O58. The van der Waals surface area contributed by atoms with Crippen LogP contribution in [0.4, 0.5) is 0 Å². The van der Waals surface area contributed by atoms with E-state index in [9.17, 15) is 188 Å². The zero-order valence-electron chi connectivity index (χ0n) is 72.5. The van der Waals surface area contributed by atoms with Crippen molar-refractivity contribution in [1.29, 1.82) is 0 Å². The van der Waals surface area contributed by atoms with Crippen LogP contribution in [0.1, 0.15) is 34.1 Å². The number of aliphatic hydroxyl groups is 32. The summed E-state index contributed by atoms with van der Waals surface area (Å²) in [5.41, 5.74) is 0. The third-order valence-corrected chi connectivity index (χ3v) is 25.1. The number of hydrogen-bond acceptors (Lipinski definition) is 57. The van der Waals surface area contributed by atoms with Gasteiger partial charge in [-0.1, -0.05) is 0 Å². The summed E-state index contributed by atoms with van der Waals surface area (Å²) in [6.45, 7) is -7.76. The van der Waals surface area contributed by atoms with Gasteiger partial charge in [0.25, 0.3) is 5.79 Å². The molecule has 0 unspecified atom stereocenters. The minimum atomic E-state index is -3.34. The number of nitrogens with one attached hydrogen (secondary N) is 3. The van der Waals surface area contributed by atoms with Gasteiger partial charge >= 0.3 is 5.97 Å². The van der Waals surface area contributed by atoms with Gasteiger partial charge < -0.3 is 284 Å². The first kappa shape index (κ1) is 112. The maximum atomic E-state index is 13.3. The second-order valence-corrected chi connectivity index (χ2v) is 34.5. The molecule has 11 aliphatic rings. The van der Waals surface area contributed by atoms with Gasteiger partial charge in [-0.2, -0.15) is 0 Å². The number of aliphatic carboxylic acids is 1. The third-order valence-electron chi connectivity index (χ3n) is 25.1. The molecule has 0 aliphatic carbocycles. The fraction of sp³-hybridized carbons (Fsp3) is 0.947. The highest BCUT2D eigenvalue weighted by Gasteiger charge is 2.64. The number of carboxylic acid groups (broad SMARTS) is 1. The molecule has 0 aromatic carbocycles. The molecule has 0 bridgehead atoms. The molecule has 11 fully saturated rings. The summed E-state index contributed by atoms with van der Waals surface area (Å²) in [5, 5.41) is 375. The number of amides is 3. The SMILES string of the molecule is CC(=O)N[C@@H]1[C@@H](O)[C@H](O[C@@H]2O[C@H](CO)[C@@H](O[C@@H]3O[C@H](CO[C@H]4O[C@H](CO[C@H]5O[C@H](CO)[C@@H](O)[C@H](O)[C@@H]5O)[C@@H](O)[C@H](O[C@H]5O[C@H](CO)[C@@H](O)[C@H](O)[C@@H]5O)[C@@H]4O)[C@@H](O)[C@H](O[C@H]4O[C@H](CO)[C@@H](O)[C@H](O)[C@@H]4O[C@@H]4O[C@H](CO)[C@@H](O[C@@H]5O[C@H](CO)[C@H](O)[C@H](O[C@]6(C(=O)O)C[C@H](O)[C@@H](O)[C@H]([C@H](O)[C@H](O)CO)O6)[C@H]5O)[C@H](O)[C@H]4NC(C)=O)[C@@H]3O)[C@H](O)[C@H]2NC(C)=O)[C@@H](CO[C@@H]2O[C@@H](C)[C@@H](O)[C@@H](O)[C@@H]2O)O[C@H]1O. The zero-order chi connectivity index (χ0) is 100. The van der Waals surface area contributed by atoms with E-state index in [-0.39, 0.29) is 0 Å². The van der Waals surface area contributed by atoms with Gasteiger partial charge in [-0.25, -0.2) is 4.79 Å². The second-order valence-electron chi connectivity index (χ2n) is 34.5. The molecule has 0 aromatic heterocycles. The van der Waals surface area contributed by atoms with Gasteiger partial charge in [0.15, 0.2) is 62.9 Å². The molecule has 11 aliphatic heterocycles. The van der Waals surface area contributed by atoms with Crippen LogP contribution in [0.3, 0.4) is 0 Å². The van der Waals surface area contributed by atoms with Gasteiger partial charge in [0.1, 0.15) is 262 Å². The molecular weight excluding hydrogens is 1870 g/mol. The molecule has 0 saturated carbocycles. The highest BCUT2D eigenvalue weighted by molar-refractivity contribution is 5.76. The molecule has 136 heavy (non-hydrogen) atoms. The van der Waals surface area contributed by atoms with E-state index in [4.69, 9.17) is 99.5 Å². The van der Waals surface area contributed by atoms with Crippen molar-refractivity contribution in [1.82, 2.24) is 16.0 Å². The molecule has 0 aromatic rings. The number of carboxylic acids is 1. The van der Waals surface area contributed by atoms with Crippen LogP contribution in [-0.4, -0.2) is 601 Å². The second kappa shape index (κ2) is 48.2. The smallest absolute Gasteiger partial charge is 0.364 e. The Morgan fingerprint density at radius 2 is 0.640 bits per heavy atom. The van der Waals surface area contributed by atoms with Crippen LogP contribution in [0.15, 0.2) is 0 Å². The lowest BCUT2D eigenvalue weighted by molar-refractivity contribution is -0.401. The lowest BCUT2D eigenvalue weighted by Gasteiger charge is -2.51. The lowest BCUT2D eigenvalue weighted by Crippen LogP contribution is -2.71. The largest absolute Gasteiger partial charge is 0.477 e. The van der Waals surface area contributed by atoms with Gasteiger partial charge in [-0.15, -0.1) is 0 Å². The van der Waals surface area contributed by atoms with Gasteiger partial charge in [0, 0.05) is 27.2 Å². The average Bonchev–Trinajstić information content (AvgIpc) is 0.755. The summed E-state index contributed by atoms with van der Waals surface area (Å²) >= 11 is 0. The molecule has 0 spiro atoms. The molecule has 36 N–H and O–H groups in total. The van der Waals surface area contributed by atoms with Gasteiger partial charge in [-0.05, 0) is 6.92 Å². The van der Waals surface area contributed by atoms with Crippen molar-refractivity contribution in [2.75, 3.05) is 66.1 Å². The summed E-state index contributed by atoms with van der Waals surface area (Å²) in [4.78, 5) is 52.3. The lowest BCUT2D eigenvalue weighted by atomic mass is 9.90. The Morgan fingerprint density at radius 3 is 1.10 bits per heavy atom. The van der Waals surface area contributed by atoms with Crippen LogP contribution in [0, 0.1) is 0 Å². The summed E-state index contributed by atoms with van der Waals surface area (Å²) in [7, 11) is 0. The Labute approximate surface area is 768 Å². The Morgan fingerprint density at radius 1 is 0.316 bits per heavy atom. The van der Waals surface area contributed by atoms with Crippen molar-refractivity contribution in [3.05, 3.63) is 0 Å². The van der Waals surface area contributed by atoms with E-state index in [1.165, 1.54) is 6.92 Å². The fourth-order valence-corrected chi connectivity index (χ4v) is 17.4. The van der Waals surface area contributed by atoms with Crippen molar-refractivity contribution in [2.24, 2.45) is 0 Å². The van der Waals surface area contributed by atoms with Crippen LogP contribution >= 0.6 is 0 Å². The van der Waals surface area contributed by atoms with E-state index in [2.05, 4.69) is 16.0 Å². The van der Waals surface area contributed by atoms with Crippen molar-refractivity contribution in [2.45, 2.75) is 377 Å². The third kappa shape index (κ3) is 24.3. The zero-order valence-corrected chi connectivity index (χ0v) is 72.5. The van der Waals surface area contributed by atoms with Crippen LogP contribution in [0.25, 0.3) is 0 Å². The Kier molecular flexibility index (Phi) is 39.7. The van der Waals surface area contributed by atoms with Crippen molar-refractivity contribution in [3.63, 3.8) is 0 Å². The van der Waals surface area contributed by atoms with E-state index in [0.717, 1.165) is 20.8 Å². The van der Waals surface area contributed by atoms with Crippen LogP contribution < -0.4 is 16.0 Å². The van der Waals surface area contributed by atoms with E-state index in [1.807, 2.05) is 0 Å². The first-order valence-corrected chi connectivity index (χ1v) is 43.2. The molecule has 11 heterocycles. The van der Waals surface area contributed by atoms with Crippen molar-refractivity contribution < 1.29 is 287 Å². The quantitative estimate of drug-likeness (QED) is 0.0277. The molecule has 11 rings (SSSR count). The van der Waals surface area contributed by atoms with Gasteiger partial charge in [-0.3, -0.25) is 14.4 Å². The summed E-state index contributed by atoms with van der Waals surface area (Å²) < 4.78 is 123. The van der Waals surface area contributed by atoms with Crippen LogP contribution in [0.5, 0.6) is 0 Å². The number of aliphatic hydroxyl groups excluding tert-OH is 32. The predicted octanol–water partition coefficient (Wildman–Crippen LogP) is -24.3. The normalized spacial score (nSPS) is 49.8. The highest BCUT2D eigenvalue weighted by Crippen LogP contribution is 2.43. The maximum Gasteiger partial charge on any atom is 0.364 e. The summed E-state index contributed by atoms with van der Waals surface area (Å²) in [5.74, 6) is -8.53. The van der Waals surface area contributed by atoms with Gasteiger partial charge in [0.2, 0.25) is 17.7 Å². The molecule has 788 valence electrons. The summed E-state index contributed by atoms with van der Waals surface area (Å²) in [6.07, 6.45) is -115. The first-order valence-electron chi connectivity index (χ1n) is 43.2. The number of ether oxygens (including phenoxy) is 21. The minimum Gasteiger partial charge on any atom is -0.477 e. The molecule has 56 atom stereocenters. The topological polar surface area (TPSA) is 966 Å². The summed E-state index contributed by atoms with van der Waals surface area (Å²) in [6, 6.07) is -6.06. The van der Waals surface area contributed by atoms with E-state index < -0.39 is 439 Å². The Bertz CT molecular complexity index is 3740. The Hall–Kier alpha value is -4.24. The van der Waals surface area contributed by atoms with Crippen molar-refractivity contribution in [3.8, 4) is 0 Å². The fourth-order valence-electron chi connectivity index (χ4n) is 17.4. The van der Waals surface area contributed by atoms with E-state index in [0.29, 0.717) is 0 Å². The number of carbonyl (C=O) groups is 4. The molecule has 61 nitrogen and oxygen atoms in total. The minimum absolute atomic E-state index is 0.839. The molecule has 3 amide bonds. The van der Waals surface area contributed by atoms with Crippen LogP contribution in [0.2, 0.25) is 0 Å². The highest BCUT2D eigenvalue weighted by atomic mass is 16.8. The maximum absolute atomic E-state index is 13.3. The van der Waals surface area contributed by atoms with Gasteiger partial charge in [0.05, 0.1) is 78.3 Å². The Balaban J connectivity index is 0.919. The molecule has 11 saturated heterocycles. The predicted molar refractivity (Wildman–Crippen MR) is 413 cm³/mol. The average molecular weight is 2000 g/mol. The van der Waals surface area contributed by atoms with E-state index in [1.54, 1.807) is 0 Å². The number of carbonyl (C=O) groups excluding carboxylic acids is 3. The van der Waals surface area contributed by atoms with E-state index >= 15 is 0 Å². The van der Waals surface area contributed by atoms with Crippen molar-refractivity contribution >= 4 is 23.7 Å². The molecule has 61 heteroatoms. The molecule has 0 radical (unpaired) electrons. The standard InChI is InChI=1S/C75H125N3O58/c1-16-34(91)46(103)50(107)67(119-16)118-15-30-58(43(100)31(64(113)120-30)76-17(2)86)129-65-32(77-18(3)87)44(101)56(26(11-84)125-65)130-71-54(111)60(42(99)29(128-71)14-117-69-53(110)59(132-70-52(109)48(105)38(95)23(8-81)122-70)41(98)28(127-69)13-116-68-51(108)47(104)37(94)22(7-80)121-68)133-73-63(49(106)39(96)24(9-82)124-73)134-66-33(78-19(4)88)45(102)57(27(12-85)126-66)131-72-55(112)62(40(97)25(10-83)123-72)136-75(74(114)115)5-20(89)35(92)61(135-75)36(93)21(90)6-79/h16,20-73,79-85,89-113H,5-15H2,1-4H3,(H,76,86)(H,77,87)(H,78,88)(H,114,115)/t16-,20-,21+,22+,23+,24+,25+,26+,27+,28+,29+,30+,31+,32+,33+,34+,35+,36+,37+,38+,39+,40-,41+,42+,43+,44+,45+,46+,47-,48-,49-,50-,51-,52-,53-,54-,55+,56+,57+,58+,59-,60-,61+,62-,63-,64+,65-,66-,67+,68-,69-,70+,71-,72-,73+,75-/m0/s1. The monoisotopic (exact) mass is 2000 g/mol. The number of rotatable bonds is 36. The van der Waals surface area contributed by atoms with Crippen LogP contribution in [-0.2, 0) is 119 Å². The first-order chi connectivity index (χ1) is 64.1. The number of hydrogen-bond donors (Lipinski definition) is 36.